The molecule has 0 spiro atoms. The van der Waals surface area contributed by atoms with Crippen molar-refractivity contribution in [3.8, 4) is 11.5 Å². The van der Waals surface area contributed by atoms with Crippen molar-refractivity contribution in [3.63, 3.8) is 0 Å². The maximum Gasteiger partial charge on any atom is 0.233 e. The molecular formula is C35H43NO5. The lowest BCUT2D eigenvalue weighted by atomic mass is 9.69. The van der Waals surface area contributed by atoms with Gasteiger partial charge in [-0.3, -0.25) is 14.5 Å². The molecule has 0 aromatic heterocycles. The Balaban J connectivity index is 1.41. The first kappa shape index (κ1) is 29.1. The summed E-state index contributed by atoms with van der Waals surface area (Å²) in [6.07, 6.45) is 7.20. The van der Waals surface area contributed by atoms with Crippen LogP contribution in [0.5, 0.6) is 11.5 Å². The van der Waals surface area contributed by atoms with Gasteiger partial charge in [-0.15, -0.1) is 0 Å². The monoisotopic (exact) mass is 557 g/mol. The van der Waals surface area contributed by atoms with Gasteiger partial charge in [0, 0.05) is 12.5 Å². The number of amides is 2. The molecule has 3 aliphatic rings. The second kappa shape index (κ2) is 12.6. The Labute approximate surface area is 244 Å². The van der Waals surface area contributed by atoms with E-state index in [0.717, 1.165) is 60.1 Å². The summed E-state index contributed by atoms with van der Waals surface area (Å²) in [4.78, 5) is 28.3. The van der Waals surface area contributed by atoms with Gasteiger partial charge in [0.05, 0.1) is 24.5 Å². The second-order valence-corrected chi connectivity index (χ2v) is 11.8. The first-order valence-electron chi connectivity index (χ1n) is 15.2. The van der Waals surface area contributed by atoms with E-state index in [2.05, 4.69) is 13.0 Å². The predicted octanol–water partition coefficient (Wildman–Crippen LogP) is 6.78. The minimum absolute atomic E-state index is 0.0266. The number of para-hydroxylation sites is 1. The molecule has 4 atom stereocenters. The Hall–Kier alpha value is -3.38. The van der Waals surface area contributed by atoms with Crippen LogP contribution in [0.1, 0.15) is 69.1 Å². The van der Waals surface area contributed by atoms with Crippen molar-refractivity contribution in [2.45, 2.75) is 72.3 Å². The summed E-state index contributed by atoms with van der Waals surface area (Å²) in [7, 11) is 0. The molecule has 0 radical (unpaired) electrons. The quantitative estimate of drug-likeness (QED) is 0.244. The highest BCUT2D eigenvalue weighted by Gasteiger charge is 2.56. The zero-order valence-electron chi connectivity index (χ0n) is 24.8. The Morgan fingerprint density at radius 1 is 1.02 bits per heavy atom. The molecule has 2 aromatic rings. The van der Waals surface area contributed by atoms with Gasteiger partial charge in [-0.1, -0.05) is 50.1 Å². The minimum atomic E-state index is -0.330. The highest BCUT2D eigenvalue weighted by molar-refractivity contribution is 6.06. The van der Waals surface area contributed by atoms with Crippen LogP contribution < -0.4 is 4.74 Å². The Kier molecular flexibility index (Phi) is 8.98. The second-order valence-electron chi connectivity index (χ2n) is 11.8. The number of carbonyl (C=O) groups excluding carboxylic acids is 2. The van der Waals surface area contributed by atoms with E-state index in [0.29, 0.717) is 31.9 Å². The SMILES string of the molecule is CCC/C(=C\c1cc(C)c(O)c(C)c1)CC[C@H]1OC[C@H]2C1=C(COc1ccccc1)C[C@H]1C(=O)N(CCC)C(=O)[C@H]12. The van der Waals surface area contributed by atoms with E-state index < -0.39 is 0 Å². The number of aryl methyl sites for hydroxylation is 2. The molecule has 0 saturated carbocycles. The van der Waals surface area contributed by atoms with Crippen molar-refractivity contribution in [3.05, 3.63) is 75.9 Å². The lowest BCUT2D eigenvalue weighted by molar-refractivity contribution is -0.140. The van der Waals surface area contributed by atoms with Crippen LogP contribution in [0.4, 0.5) is 0 Å². The molecule has 0 unspecified atom stereocenters. The van der Waals surface area contributed by atoms with Crippen molar-refractivity contribution in [1.82, 2.24) is 4.90 Å². The van der Waals surface area contributed by atoms with Crippen LogP contribution >= 0.6 is 0 Å². The number of benzene rings is 2. The van der Waals surface area contributed by atoms with Crippen molar-refractivity contribution in [2.75, 3.05) is 19.8 Å². The number of allylic oxidation sites excluding steroid dienone is 1. The number of imide groups is 1. The maximum atomic E-state index is 13.5. The predicted molar refractivity (Wildman–Crippen MR) is 161 cm³/mol. The van der Waals surface area contributed by atoms with Gasteiger partial charge in [0.2, 0.25) is 11.8 Å². The first-order valence-corrected chi connectivity index (χ1v) is 15.2. The Bertz CT molecular complexity index is 1320. The number of hydrogen-bond donors (Lipinski definition) is 1. The molecule has 2 aliphatic heterocycles. The summed E-state index contributed by atoms with van der Waals surface area (Å²) in [5.41, 5.74) is 6.52. The molecule has 2 heterocycles. The number of hydrogen-bond acceptors (Lipinski definition) is 5. The van der Waals surface area contributed by atoms with Crippen LogP contribution in [0, 0.1) is 31.6 Å². The molecule has 2 amide bonds. The molecule has 6 nitrogen and oxygen atoms in total. The lowest BCUT2D eigenvalue weighted by Crippen LogP contribution is -2.35. The van der Waals surface area contributed by atoms with Crippen molar-refractivity contribution >= 4 is 17.9 Å². The third-order valence-corrected chi connectivity index (χ3v) is 8.89. The largest absolute Gasteiger partial charge is 0.507 e. The number of aromatic hydroxyl groups is 1. The number of phenols is 1. The number of nitrogens with zero attached hydrogens (tertiary/aromatic N) is 1. The summed E-state index contributed by atoms with van der Waals surface area (Å²) in [6, 6.07) is 13.8. The summed E-state index contributed by atoms with van der Waals surface area (Å²) in [5, 5.41) is 10.2. The third-order valence-electron chi connectivity index (χ3n) is 8.89. The van der Waals surface area contributed by atoms with E-state index in [9.17, 15) is 14.7 Å². The molecule has 2 fully saturated rings. The Morgan fingerprint density at radius 2 is 1.76 bits per heavy atom. The van der Waals surface area contributed by atoms with Crippen LogP contribution in [-0.4, -0.2) is 47.7 Å². The normalized spacial score (nSPS) is 24.2. The van der Waals surface area contributed by atoms with E-state index in [1.807, 2.05) is 63.2 Å². The van der Waals surface area contributed by atoms with Crippen LogP contribution in [0.25, 0.3) is 6.08 Å². The van der Waals surface area contributed by atoms with Gasteiger partial charge in [0.15, 0.2) is 0 Å². The van der Waals surface area contributed by atoms with Crippen molar-refractivity contribution in [2.24, 2.45) is 17.8 Å². The number of ether oxygens (including phenoxy) is 2. The van der Waals surface area contributed by atoms with Crippen LogP contribution in [0.2, 0.25) is 0 Å². The molecule has 218 valence electrons. The third kappa shape index (κ3) is 5.99. The summed E-state index contributed by atoms with van der Waals surface area (Å²) < 4.78 is 12.7. The first-order chi connectivity index (χ1) is 19.8. The molecule has 1 aliphatic carbocycles. The van der Waals surface area contributed by atoms with Crippen LogP contribution in [0.3, 0.4) is 0 Å². The molecular weight excluding hydrogens is 514 g/mol. The van der Waals surface area contributed by atoms with Gasteiger partial charge >= 0.3 is 0 Å². The zero-order chi connectivity index (χ0) is 29.1. The number of fused-ring (bicyclic) bond motifs is 3. The average Bonchev–Trinajstić information content (AvgIpc) is 3.49. The highest BCUT2D eigenvalue weighted by Crippen LogP contribution is 2.50. The molecule has 1 N–H and O–H groups in total. The number of rotatable bonds is 11. The van der Waals surface area contributed by atoms with Gasteiger partial charge in [0.25, 0.3) is 0 Å². The number of carbonyl (C=O) groups is 2. The summed E-state index contributed by atoms with van der Waals surface area (Å²) in [5.74, 6) is 0.362. The minimum Gasteiger partial charge on any atom is -0.507 e. The molecule has 5 rings (SSSR count). The van der Waals surface area contributed by atoms with E-state index >= 15 is 0 Å². The summed E-state index contributed by atoms with van der Waals surface area (Å²) >= 11 is 0. The summed E-state index contributed by atoms with van der Waals surface area (Å²) in [6.45, 7) is 9.41. The maximum absolute atomic E-state index is 13.5. The van der Waals surface area contributed by atoms with Gasteiger partial charge in [-0.2, -0.15) is 0 Å². The van der Waals surface area contributed by atoms with E-state index in [-0.39, 0.29) is 35.7 Å². The molecule has 41 heavy (non-hydrogen) atoms. The molecule has 0 bridgehead atoms. The van der Waals surface area contributed by atoms with Crippen LogP contribution in [0.15, 0.2) is 59.2 Å². The van der Waals surface area contributed by atoms with E-state index in [4.69, 9.17) is 9.47 Å². The van der Waals surface area contributed by atoms with E-state index in [1.165, 1.54) is 16.0 Å². The van der Waals surface area contributed by atoms with Gasteiger partial charge < -0.3 is 14.6 Å². The topological polar surface area (TPSA) is 76.1 Å². The van der Waals surface area contributed by atoms with Crippen LogP contribution in [-0.2, 0) is 14.3 Å². The fourth-order valence-electron chi connectivity index (χ4n) is 7.02. The zero-order valence-corrected chi connectivity index (χ0v) is 24.8. The lowest BCUT2D eigenvalue weighted by Gasteiger charge is -2.32. The molecule has 2 saturated heterocycles. The molecule has 2 aromatic carbocycles. The van der Waals surface area contributed by atoms with E-state index in [1.54, 1.807) is 0 Å². The fourth-order valence-corrected chi connectivity index (χ4v) is 7.02. The smallest absolute Gasteiger partial charge is 0.233 e. The average molecular weight is 558 g/mol. The Morgan fingerprint density at radius 3 is 2.44 bits per heavy atom. The fraction of sp³-hybridized carbons (Fsp3) is 0.486. The standard InChI is InChI=1S/C35H43NO5/c1-5-10-24(18-25-16-22(3)33(37)23(4)17-25)13-14-30-31-26(20-40-27-11-8-7-9-12-27)19-28-32(29(31)21-41-30)35(39)36(15-6-2)34(28)38/h7-9,11-12,16-18,28-30,32,37H,5-6,10,13-15,19-21H2,1-4H3/b24-18+/t28-,29+,30-,32-/m1/s1. The highest BCUT2D eigenvalue weighted by atomic mass is 16.5. The van der Waals surface area contributed by atoms with Crippen molar-refractivity contribution in [1.29, 1.82) is 0 Å². The van der Waals surface area contributed by atoms with Gasteiger partial charge in [-0.25, -0.2) is 0 Å². The number of likely N-dealkylation sites (tertiary alicyclic amines) is 1. The van der Waals surface area contributed by atoms with Crippen molar-refractivity contribution < 1.29 is 24.2 Å². The van der Waals surface area contributed by atoms with Gasteiger partial charge in [0.1, 0.15) is 18.1 Å². The number of phenolic OH excluding ortho intramolecular Hbond substituents is 1. The van der Waals surface area contributed by atoms with Gasteiger partial charge in [-0.05, 0) is 98.1 Å². The molecule has 6 heteroatoms.